The number of aliphatic hydroxyl groups excluding tert-OH is 1. The molecular formula is C13H25NO3. The Kier molecular flexibility index (Phi) is 7.21. The summed E-state index contributed by atoms with van der Waals surface area (Å²) in [5.41, 5.74) is 0. The fourth-order valence-corrected chi connectivity index (χ4v) is 2.11. The smallest absolute Gasteiger partial charge is 0.319 e. The lowest BCUT2D eigenvalue weighted by atomic mass is 9.87. The van der Waals surface area contributed by atoms with Crippen molar-refractivity contribution in [1.29, 1.82) is 0 Å². The molecule has 0 radical (unpaired) electrons. The third-order valence-electron chi connectivity index (χ3n) is 3.28. The zero-order chi connectivity index (χ0) is 12.5. The Morgan fingerprint density at radius 1 is 1.35 bits per heavy atom. The fourth-order valence-electron chi connectivity index (χ4n) is 2.11. The second-order valence-corrected chi connectivity index (χ2v) is 4.88. The lowest BCUT2D eigenvalue weighted by Gasteiger charge is -2.25. The van der Waals surface area contributed by atoms with Gasteiger partial charge in [0.2, 0.25) is 0 Å². The Morgan fingerprint density at radius 3 is 2.71 bits per heavy atom. The highest BCUT2D eigenvalue weighted by molar-refractivity contribution is 5.71. The summed E-state index contributed by atoms with van der Waals surface area (Å²) in [6.45, 7) is 3.77. The van der Waals surface area contributed by atoms with Gasteiger partial charge in [-0.15, -0.1) is 0 Å². The summed E-state index contributed by atoms with van der Waals surface area (Å²) >= 11 is 0. The first-order valence-electron chi connectivity index (χ1n) is 6.76. The second-order valence-electron chi connectivity index (χ2n) is 4.88. The Hall–Kier alpha value is -0.610. The number of hydrogen-bond donors (Lipinski definition) is 2. The Balaban J connectivity index is 1.97. The minimum Gasteiger partial charge on any atom is -0.465 e. The normalized spacial score (nSPS) is 24.6. The highest BCUT2D eigenvalue weighted by Gasteiger charge is 2.19. The van der Waals surface area contributed by atoms with E-state index in [1.807, 2.05) is 0 Å². The summed E-state index contributed by atoms with van der Waals surface area (Å²) in [6, 6.07) is 0. The quantitative estimate of drug-likeness (QED) is 0.525. The van der Waals surface area contributed by atoms with Crippen molar-refractivity contribution in [1.82, 2.24) is 5.32 Å². The molecule has 0 unspecified atom stereocenters. The van der Waals surface area contributed by atoms with Gasteiger partial charge in [0.1, 0.15) is 0 Å². The number of aliphatic hydroxyl groups is 1. The van der Waals surface area contributed by atoms with E-state index in [2.05, 4.69) is 12.2 Å². The van der Waals surface area contributed by atoms with Crippen molar-refractivity contribution >= 4 is 5.97 Å². The number of rotatable bonds is 7. The van der Waals surface area contributed by atoms with Crippen LogP contribution in [-0.2, 0) is 9.53 Å². The molecule has 0 saturated heterocycles. The van der Waals surface area contributed by atoms with Gasteiger partial charge in [0.25, 0.3) is 0 Å². The van der Waals surface area contributed by atoms with Crippen molar-refractivity contribution in [3.63, 3.8) is 0 Å². The Labute approximate surface area is 104 Å². The van der Waals surface area contributed by atoms with E-state index in [1.54, 1.807) is 0 Å². The topological polar surface area (TPSA) is 58.6 Å². The van der Waals surface area contributed by atoms with Gasteiger partial charge in [-0.25, -0.2) is 0 Å². The van der Waals surface area contributed by atoms with Crippen molar-refractivity contribution in [3.05, 3.63) is 0 Å². The molecule has 0 heterocycles. The van der Waals surface area contributed by atoms with Crippen LogP contribution in [0.25, 0.3) is 0 Å². The molecule has 1 aliphatic rings. The van der Waals surface area contributed by atoms with Crippen molar-refractivity contribution in [2.75, 3.05) is 19.7 Å². The van der Waals surface area contributed by atoms with E-state index in [9.17, 15) is 9.90 Å². The maximum absolute atomic E-state index is 11.3. The molecule has 100 valence electrons. The molecule has 1 fully saturated rings. The maximum Gasteiger partial charge on any atom is 0.319 e. The summed E-state index contributed by atoms with van der Waals surface area (Å²) in [7, 11) is 0. The van der Waals surface area contributed by atoms with E-state index in [-0.39, 0.29) is 12.1 Å². The summed E-state index contributed by atoms with van der Waals surface area (Å²) in [5, 5.41) is 12.5. The van der Waals surface area contributed by atoms with Crippen LogP contribution in [0.3, 0.4) is 0 Å². The number of carbonyl (C=O) groups is 1. The standard InChI is InChI=1S/C13H25NO3/c1-2-3-8-17-13(16)10-14-9-11-4-6-12(15)7-5-11/h11-12,14-15H,2-10H2,1H3. The van der Waals surface area contributed by atoms with Crippen LogP contribution < -0.4 is 5.32 Å². The van der Waals surface area contributed by atoms with Gasteiger partial charge in [-0.1, -0.05) is 13.3 Å². The molecular weight excluding hydrogens is 218 g/mol. The van der Waals surface area contributed by atoms with E-state index in [0.29, 0.717) is 19.1 Å². The van der Waals surface area contributed by atoms with E-state index in [0.717, 1.165) is 45.1 Å². The monoisotopic (exact) mass is 243 g/mol. The maximum atomic E-state index is 11.3. The second kappa shape index (κ2) is 8.48. The predicted molar refractivity (Wildman–Crippen MR) is 66.7 cm³/mol. The number of hydrogen-bond acceptors (Lipinski definition) is 4. The molecule has 0 bridgehead atoms. The van der Waals surface area contributed by atoms with Crippen LogP contribution in [0, 0.1) is 5.92 Å². The van der Waals surface area contributed by atoms with Crippen LogP contribution in [0.4, 0.5) is 0 Å². The highest BCUT2D eigenvalue weighted by Crippen LogP contribution is 2.23. The molecule has 0 aliphatic heterocycles. The average molecular weight is 243 g/mol. The summed E-state index contributed by atoms with van der Waals surface area (Å²) in [4.78, 5) is 11.3. The van der Waals surface area contributed by atoms with Crippen LogP contribution in [0.2, 0.25) is 0 Å². The van der Waals surface area contributed by atoms with Gasteiger partial charge in [-0.05, 0) is 44.6 Å². The number of carbonyl (C=O) groups excluding carboxylic acids is 1. The van der Waals surface area contributed by atoms with Crippen LogP contribution in [-0.4, -0.2) is 36.9 Å². The molecule has 0 amide bonds. The molecule has 0 aromatic carbocycles. The summed E-state index contributed by atoms with van der Waals surface area (Å²) < 4.78 is 5.05. The molecule has 1 saturated carbocycles. The van der Waals surface area contributed by atoms with Crippen molar-refractivity contribution in [3.8, 4) is 0 Å². The van der Waals surface area contributed by atoms with Crippen LogP contribution in [0.5, 0.6) is 0 Å². The molecule has 4 nitrogen and oxygen atoms in total. The van der Waals surface area contributed by atoms with Gasteiger partial charge in [0.05, 0.1) is 19.3 Å². The van der Waals surface area contributed by atoms with Gasteiger partial charge in [-0.2, -0.15) is 0 Å². The molecule has 0 spiro atoms. The molecule has 4 heteroatoms. The highest BCUT2D eigenvalue weighted by atomic mass is 16.5. The zero-order valence-corrected chi connectivity index (χ0v) is 10.8. The molecule has 2 N–H and O–H groups in total. The first-order chi connectivity index (χ1) is 8.22. The molecule has 0 aromatic rings. The largest absolute Gasteiger partial charge is 0.465 e. The minimum atomic E-state index is -0.158. The van der Waals surface area contributed by atoms with E-state index < -0.39 is 0 Å². The van der Waals surface area contributed by atoms with Crippen molar-refractivity contribution in [2.45, 2.75) is 51.6 Å². The zero-order valence-electron chi connectivity index (χ0n) is 10.8. The van der Waals surface area contributed by atoms with Gasteiger partial charge >= 0.3 is 5.97 Å². The molecule has 1 aliphatic carbocycles. The minimum absolute atomic E-state index is 0.106. The SMILES string of the molecule is CCCCOC(=O)CNCC1CCC(O)CC1. The Morgan fingerprint density at radius 2 is 2.06 bits per heavy atom. The lowest BCUT2D eigenvalue weighted by molar-refractivity contribution is -0.142. The number of unbranched alkanes of at least 4 members (excludes halogenated alkanes) is 1. The molecule has 17 heavy (non-hydrogen) atoms. The van der Waals surface area contributed by atoms with E-state index in [1.165, 1.54) is 0 Å². The van der Waals surface area contributed by atoms with E-state index in [4.69, 9.17) is 4.74 Å². The number of ether oxygens (including phenoxy) is 1. The number of nitrogens with one attached hydrogen (secondary N) is 1. The van der Waals surface area contributed by atoms with Crippen molar-refractivity contribution in [2.24, 2.45) is 5.92 Å². The average Bonchev–Trinajstić information content (AvgIpc) is 2.32. The van der Waals surface area contributed by atoms with Crippen LogP contribution in [0.15, 0.2) is 0 Å². The van der Waals surface area contributed by atoms with Gasteiger partial charge < -0.3 is 15.2 Å². The third-order valence-corrected chi connectivity index (χ3v) is 3.28. The third kappa shape index (κ3) is 6.64. The van der Waals surface area contributed by atoms with Gasteiger partial charge in [0, 0.05) is 0 Å². The van der Waals surface area contributed by atoms with Crippen LogP contribution >= 0.6 is 0 Å². The summed E-state index contributed by atoms with van der Waals surface area (Å²) in [5.74, 6) is 0.441. The predicted octanol–water partition coefficient (Wildman–Crippen LogP) is 1.47. The fraction of sp³-hybridized carbons (Fsp3) is 0.923. The van der Waals surface area contributed by atoms with Crippen molar-refractivity contribution < 1.29 is 14.6 Å². The van der Waals surface area contributed by atoms with E-state index >= 15 is 0 Å². The number of esters is 1. The lowest BCUT2D eigenvalue weighted by Crippen LogP contribution is -2.32. The Bertz CT molecular complexity index is 213. The molecule has 0 atom stereocenters. The molecule has 1 rings (SSSR count). The first-order valence-corrected chi connectivity index (χ1v) is 6.76. The first kappa shape index (κ1) is 14.5. The molecule has 0 aromatic heterocycles. The van der Waals surface area contributed by atoms with Gasteiger partial charge in [-0.3, -0.25) is 4.79 Å². The van der Waals surface area contributed by atoms with Gasteiger partial charge in [0.15, 0.2) is 0 Å². The van der Waals surface area contributed by atoms with Crippen LogP contribution in [0.1, 0.15) is 45.4 Å². The summed E-state index contributed by atoms with van der Waals surface area (Å²) in [6.07, 6.45) is 5.78.